The number of amides is 1. The molecular weight excluding hydrogens is 266 g/mol. The van der Waals surface area contributed by atoms with Crippen LogP contribution in [0.15, 0.2) is 18.2 Å². The molecule has 1 aromatic carbocycles. The van der Waals surface area contributed by atoms with E-state index in [0.29, 0.717) is 17.0 Å². The summed E-state index contributed by atoms with van der Waals surface area (Å²) in [5.74, 6) is -1.47. The van der Waals surface area contributed by atoms with Crippen molar-refractivity contribution in [1.82, 2.24) is 5.32 Å². The lowest BCUT2D eigenvalue weighted by Gasteiger charge is -2.14. The Labute approximate surface area is 117 Å². The van der Waals surface area contributed by atoms with Gasteiger partial charge < -0.3 is 10.4 Å². The molecule has 1 aromatic rings. The summed E-state index contributed by atoms with van der Waals surface area (Å²) in [6, 6.07) is 4.18. The van der Waals surface area contributed by atoms with E-state index in [1.54, 1.807) is 18.2 Å². The van der Waals surface area contributed by atoms with Crippen LogP contribution in [0.4, 0.5) is 0 Å². The van der Waals surface area contributed by atoms with E-state index in [2.05, 4.69) is 5.32 Å². The second kappa shape index (κ2) is 7.14. The standard InChI is InChI=1S/C14H18ClNO3/c1-3-4-5-12(14(18)19)16-13(17)10-7-6-9(2)8-11(10)15/h6-8,12H,3-5H2,1-2H3,(H,16,17)(H,18,19). The maximum atomic E-state index is 12.0. The van der Waals surface area contributed by atoms with Crippen LogP contribution >= 0.6 is 11.6 Å². The fourth-order valence-corrected chi connectivity index (χ4v) is 2.03. The first-order valence-electron chi connectivity index (χ1n) is 6.25. The largest absolute Gasteiger partial charge is 0.480 e. The molecule has 5 heteroatoms. The second-order valence-corrected chi connectivity index (χ2v) is 4.90. The van der Waals surface area contributed by atoms with Crippen molar-refractivity contribution in [2.24, 2.45) is 0 Å². The van der Waals surface area contributed by atoms with Gasteiger partial charge in [0.05, 0.1) is 10.6 Å². The highest BCUT2D eigenvalue weighted by atomic mass is 35.5. The molecule has 0 fully saturated rings. The molecule has 0 aliphatic heterocycles. The van der Waals surface area contributed by atoms with Gasteiger partial charge >= 0.3 is 5.97 Å². The van der Waals surface area contributed by atoms with Gasteiger partial charge in [0.1, 0.15) is 6.04 Å². The van der Waals surface area contributed by atoms with Crippen molar-refractivity contribution >= 4 is 23.5 Å². The molecule has 0 radical (unpaired) electrons. The number of hydrogen-bond acceptors (Lipinski definition) is 2. The van der Waals surface area contributed by atoms with Crippen LogP contribution in [0.5, 0.6) is 0 Å². The minimum atomic E-state index is -1.02. The van der Waals surface area contributed by atoms with Gasteiger partial charge in [0.15, 0.2) is 0 Å². The molecule has 4 nitrogen and oxygen atoms in total. The zero-order valence-corrected chi connectivity index (χ0v) is 11.8. The molecule has 0 aromatic heterocycles. The molecule has 0 heterocycles. The number of carbonyl (C=O) groups is 2. The van der Waals surface area contributed by atoms with E-state index < -0.39 is 17.9 Å². The number of unbranched alkanes of at least 4 members (excludes halogenated alkanes) is 1. The Morgan fingerprint density at radius 2 is 2.11 bits per heavy atom. The van der Waals surface area contributed by atoms with Crippen LogP contribution in [0.3, 0.4) is 0 Å². The van der Waals surface area contributed by atoms with Crippen molar-refractivity contribution in [3.05, 3.63) is 34.3 Å². The molecule has 0 saturated heterocycles. The van der Waals surface area contributed by atoms with E-state index in [0.717, 1.165) is 18.4 Å². The predicted molar refractivity (Wildman–Crippen MR) is 74.6 cm³/mol. The fourth-order valence-electron chi connectivity index (χ4n) is 1.71. The highest BCUT2D eigenvalue weighted by molar-refractivity contribution is 6.33. The zero-order valence-electron chi connectivity index (χ0n) is 11.1. The quantitative estimate of drug-likeness (QED) is 0.843. The van der Waals surface area contributed by atoms with Gasteiger partial charge in [0.25, 0.3) is 5.91 Å². The summed E-state index contributed by atoms with van der Waals surface area (Å²) < 4.78 is 0. The highest BCUT2D eigenvalue weighted by Gasteiger charge is 2.21. The Bertz CT molecular complexity index is 474. The summed E-state index contributed by atoms with van der Waals surface area (Å²) >= 11 is 5.98. The Morgan fingerprint density at radius 3 is 2.63 bits per heavy atom. The third kappa shape index (κ3) is 4.56. The SMILES string of the molecule is CCCCC(NC(=O)c1ccc(C)cc1Cl)C(=O)O. The summed E-state index contributed by atoms with van der Waals surface area (Å²) in [5.41, 5.74) is 1.25. The molecule has 19 heavy (non-hydrogen) atoms. The number of nitrogens with one attached hydrogen (secondary N) is 1. The van der Waals surface area contributed by atoms with Gasteiger partial charge in [0, 0.05) is 0 Å². The molecule has 1 rings (SSSR count). The highest BCUT2D eigenvalue weighted by Crippen LogP contribution is 2.17. The molecule has 0 aliphatic carbocycles. The summed E-state index contributed by atoms with van der Waals surface area (Å²) in [6.45, 7) is 3.84. The maximum Gasteiger partial charge on any atom is 0.326 e. The number of benzene rings is 1. The normalized spacial score (nSPS) is 11.9. The third-order valence-electron chi connectivity index (χ3n) is 2.82. The topological polar surface area (TPSA) is 66.4 Å². The van der Waals surface area contributed by atoms with Crippen LogP contribution in [0.25, 0.3) is 0 Å². The third-order valence-corrected chi connectivity index (χ3v) is 3.13. The number of aryl methyl sites for hydroxylation is 1. The number of halogens is 1. The van der Waals surface area contributed by atoms with Crippen molar-refractivity contribution in [3.63, 3.8) is 0 Å². The van der Waals surface area contributed by atoms with Crippen LogP contribution in [0.2, 0.25) is 5.02 Å². The predicted octanol–water partition coefficient (Wildman–Crippen LogP) is 3.02. The van der Waals surface area contributed by atoms with Gasteiger partial charge in [0.2, 0.25) is 0 Å². The Kier molecular flexibility index (Phi) is 5.83. The van der Waals surface area contributed by atoms with Gasteiger partial charge in [-0.05, 0) is 31.0 Å². The number of rotatable bonds is 6. The lowest BCUT2D eigenvalue weighted by atomic mass is 10.1. The molecule has 2 N–H and O–H groups in total. The Hall–Kier alpha value is -1.55. The van der Waals surface area contributed by atoms with Crippen molar-refractivity contribution in [2.45, 2.75) is 39.2 Å². The summed E-state index contributed by atoms with van der Waals surface area (Å²) in [5, 5.41) is 11.9. The first-order valence-corrected chi connectivity index (χ1v) is 6.63. The van der Waals surface area contributed by atoms with E-state index in [1.165, 1.54) is 0 Å². The second-order valence-electron chi connectivity index (χ2n) is 4.49. The van der Waals surface area contributed by atoms with E-state index >= 15 is 0 Å². The molecule has 0 bridgehead atoms. The number of carboxylic acids is 1. The van der Waals surface area contributed by atoms with Gasteiger partial charge in [-0.15, -0.1) is 0 Å². The van der Waals surface area contributed by atoms with Crippen molar-refractivity contribution < 1.29 is 14.7 Å². The van der Waals surface area contributed by atoms with Crippen LogP contribution in [0, 0.1) is 6.92 Å². The lowest BCUT2D eigenvalue weighted by Crippen LogP contribution is -2.40. The maximum absolute atomic E-state index is 12.0. The van der Waals surface area contributed by atoms with Crippen molar-refractivity contribution in [2.75, 3.05) is 0 Å². The van der Waals surface area contributed by atoms with E-state index in [9.17, 15) is 9.59 Å². The molecule has 1 amide bonds. The first kappa shape index (κ1) is 15.5. The van der Waals surface area contributed by atoms with Gasteiger partial charge in [-0.25, -0.2) is 4.79 Å². The molecule has 0 saturated carbocycles. The minimum Gasteiger partial charge on any atom is -0.480 e. The molecule has 104 valence electrons. The summed E-state index contributed by atoms with van der Waals surface area (Å²) in [6.07, 6.45) is 2.05. The molecule has 0 spiro atoms. The minimum absolute atomic E-state index is 0.301. The van der Waals surface area contributed by atoms with Crippen molar-refractivity contribution in [1.29, 1.82) is 0 Å². The van der Waals surface area contributed by atoms with E-state index in [4.69, 9.17) is 16.7 Å². The molecule has 1 unspecified atom stereocenters. The fraction of sp³-hybridized carbons (Fsp3) is 0.429. The Morgan fingerprint density at radius 1 is 1.42 bits per heavy atom. The van der Waals surface area contributed by atoms with Gasteiger partial charge in [-0.2, -0.15) is 0 Å². The van der Waals surface area contributed by atoms with Crippen LogP contribution in [-0.4, -0.2) is 23.0 Å². The average Bonchev–Trinajstić information content (AvgIpc) is 2.33. The van der Waals surface area contributed by atoms with Crippen molar-refractivity contribution in [3.8, 4) is 0 Å². The smallest absolute Gasteiger partial charge is 0.326 e. The average molecular weight is 284 g/mol. The Balaban J connectivity index is 2.78. The van der Waals surface area contributed by atoms with Crippen LogP contribution in [0.1, 0.15) is 42.1 Å². The molecule has 0 aliphatic rings. The summed E-state index contributed by atoms with van der Waals surface area (Å²) in [7, 11) is 0. The molecule has 1 atom stereocenters. The van der Waals surface area contributed by atoms with Crippen LogP contribution < -0.4 is 5.32 Å². The number of hydrogen-bond donors (Lipinski definition) is 2. The van der Waals surface area contributed by atoms with Gasteiger partial charge in [-0.1, -0.05) is 37.4 Å². The monoisotopic (exact) mass is 283 g/mol. The number of carbonyl (C=O) groups excluding carboxylic acids is 1. The van der Waals surface area contributed by atoms with Crippen LogP contribution in [-0.2, 0) is 4.79 Å². The molecular formula is C14H18ClNO3. The summed E-state index contributed by atoms with van der Waals surface area (Å²) in [4.78, 5) is 23.1. The van der Waals surface area contributed by atoms with E-state index in [-0.39, 0.29) is 0 Å². The first-order chi connectivity index (χ1) is 8.95. The van der Waals surface area contributed by atoms with Gasteiger partial charge in [-0.3, -0.25) is 4.79 Å². The number of aliphatic carboxylic acids is 1. The zero-order chi connectivity index (χ0) is 14.4. The number of carboxylic acid groups (broad SMARTS) is 1. The lowest BCUT2D eigenvalue weighted by molar-refractivity contribution is -0.139. The van der Waals surface area contributed by atoms with E-state index in [1.807, 2.05) is 13.8 Å².